The van der Waals surface area contributed by atoms with Crippen molar-refractivity contribution in [3.63, 3.8) is 0 Å². The Morgan fingerprint density at radius 3 is 3.12 bits per heavy atom. The zero-order valence-electron chi connectivity index (χ0n) is 15.0. The van der Waals surface area contributed by atoms with Gasteiger partial charge < -0.3 is 5.32 Å². The molecule has 4 nitrogen and oxygen atoms in total. The predicted molar refractivity (Wildman–Crippen MR) is 107 cm³/mol. The van der Waals surface area contributed by atoms with Gasteiger partial charge in [-0.15, -0.1) is 22.7 Å². The Kier molecular flexibility index (Phi) is 5.12. The van der Waals surface area contributed by atoms with Gasteiger partial charge in [0.25, 0.3) is 0 Å². The Morgan fingerprint density at radius 1 is 1.46 bits per heavy atom. The number of nitrogens with one attached hydrogen (secondary N) is 1. The van der Waals surface area contributed by atoms with E-state index in [4.69, 9.17) is 0 Å². The molecule has 0 saturated carbocycles. The number of anilines is 1. The first-order chi connectivity index (χ1) is 12.7. The van der Waals surface area contributed by atoms with Gasteiger partial charge in [-0.1, -0.05) is 13.0 Å². The zero-order valence-corrected chi connectivity index (χ0v) is 16.6. The summed E-state index contributed by atoms with van der Waals surface area (Å²) in [7, 11) is 0. The Hall–Kier alpha value is -1.68. The summed E-state index contributed by atoms with van der Waals surface area (Å²) in [5, 5.41) is 15.5. The molecule has 136 valence electrons. The molecule has 26 heavy (non-hydrogen) atoms. The van der Waals surface area contributed by atoms with Crippen LogP contribution in [0.5, 0.6) is 0 Å². The van der Waals surface area contributed by atoms with Crippen LogP contribution in [-0.4, -0.2) is 23.9 Å². The van der Waals surface area contributed by atoms with Crippen LogP contribution in [0.4, 0.5) is 5.00 Å². The fourth-order valence-electron chi connectivity index (χ4n) is 4.13. The highest BCUT2D eigenvalue weighted by atomic mass is 32.1. The maximum absolute atomic E-state index is 12.7. The lowest BCUT2D eigenvalue weighted by molar-refractivity contribution is -0.117. The van der Waals surface area contributed by atoms with Crippen LogP contribution in [0.2, 0.25) is 0 Å². The molecule has 2 aromatic rings. The number of hydrogen-bond acceptors (Lipinski definition) is 5. The molecule has 3 heterocycles. The minimum Gasteiger partial charge on any atom is -0.315 e. The summed E-state index contributed by atoms with van der Waals surface area (Å²) in [6.07, 6.45) is 5.35. The number of amides is 1. The number of nitriles is 1. The molecule has 1 N–H and O–H groups in total. The van der Waals surface area contributed by atoms with E-state index in [0.29, 0.717) is 24.1 Å². The lowest BCUT2D eigenvalue weighted by Crippen LogP contribution is -2.32. The zero-order chi connectivity index (χ0) is 18.1. The first-order valence-corrected chi connectivity index (χ1v) is 11.0. The summed E-state index contributed by atoms with van der Waals surface area (Å²) in [4.78, 5) is 17.6. The SMILES string of the molecule is C[C@H]1CCc2c(sc(NC(=O)CN3CCC[C@@H]3c3cccs3)c2C#N)C1. The second-order valence-electron chi connectivity index (χ2n) is 7.36. The van der Waals surface area contributed by atoms with Crippen LogP contribution in [0, 0.1) is 17.2 Å². The normalized spacial score (nSPS) is 22.8. The van der Waals surface area contributed by atoms with Gasteiger partial charge in [-0.05, 0) is 61.6 Å². The molecule has 6 heteroatoms. The number of hydrogen-bond donors (Lipinski definition) is 1. The predicted octanol–water partition coefficient (Wildman–Crippen LogP) is 4.58. The number of thiophene rings is 2. The minimum absolute atomic E-state index is 0.00315. The number of fused-ring (bicyclic) bond motifs is 1. The lowest BCUT2D eigenvalue weighted by atomic mass is 9.89. The number of carbonyl (C=O) groups is 1. The Balaban J connectivity index is 1.46. The van der Waals surface area contributed by atoms with E-state index in [1.807, 2.05) is 0 Å². The van der Waals surface area contributed by atoms with Crippen molar-refractivity contribution in [2.24, 2.45) is 5.92 Å². The Morgan fingerprint density at radius 2 is 2.35 bits per heavy atom. The lowest BCUT2D eigenvalue weighted by Gasteiger charge is -2.22. The fraction of sp³-hybridized carbons (Fsp3) is 0.500. The van der Waals surface area contributed by atoms with Crippen molar-refractivity contribution in [1.82, 2.24) is 4.90 Å². The van der Waals surface area contributed by atoms with Crippen molar-refractivity contribution < 1.29 is 4.79 Å². The molecule has 1 amide bonds. The summed E-state index contributed by atoms with van der Waals surface area (Å²) in [5.41, 5.74) is 1.87. The van der Waals surface area contributed by atoms with Gasteiger partial charge in [-0.2, -0.15) is 5.26 Å². The fourth-order valence-corrected chi connectivity index (χ4v) is 6.40. The van der Waals surface area contributed by atoms with Gasteiger partial charge in [-0.3, -0.25) is 9.69 Å². The second-order valence-corrected chi connectivity index (χ2v) is 9.44. The molecule has 0 radical (unpaired) electrons. The molecule has 4 rings (SSSR count). The van der Waals surface area contributed by atoms with E-state index in [9.17, 15) is 10.1 Å². The van der Waals surface area contributed by atoms with Gasteiger partial charge in [0.05, 0.1) is 12.1 Å². The number of carbonyl (C=O) groups excluding carboxylic acids is 1. The molecule has 0 bridgehead atoms. The smallest absolute Gasteiger partial charge is 0.239 e. The van der Waals surface area contributed by atoms with Crippen molar-refractivity contribution in [3.8, 4) is 6.07 Å². The highest BCUT2D eigenvalue weighted by molar-refractivity contribution is 7.16. The standard InChI is InChI=1S/C20H23N3OS2/c1-13-6-7-14-15(11-21)20(26-18(14)10-13)22-19(24)12-23-8-2-4-16(23)17-5-3-9-25-17/h3,5,9,13,16H,2,4,6-8,10,12H2,1H3,(H,22,24)/t13-,16+/m0/s1. The van der Waals surface area contributed by atoms with Gasteiger partial charge in [0, 0.05) is 15.8 Å². The van der Waals surface area contributed by atoms with Crippen LogP contribution in [0.15, 0.2) is 17.5 Å². The molecule has 1 aliphatic carbocycles. The molecule has 1 fully saturated rings. The van der Waals surface area contributed by atoms with E-state index >= 15 is 0 Å². The average Bonchev–Trinajstić information content (AvgIpc) is 3.33. The Labute approximate surface area is 162 Å². The maximum Gasteiger partial charge on any atom is 0.239 e. The van der Waals surface area contributed by atoms with Gasteiger partial charge in [0.1, 0.15) is 11.1 Å². The van der Waals surface area contributed by atoms with Gasteiger partial charge >= 0.3 is 0 Å². The topological polar surface area (TPSA) is 56.1 Å². The summed E-state index contributed by atoms with van der Waals surface area (Å²) in [6, 6.07) is 6.92. The first-order valence-electron chi connectivity index (χ1n) is 9.27. The van der Waals surface area contributed by atoms with E-state index in [2.05, 4.69) is 40.7 Å². The molecule has 1 aliphatic heterocycles. The van der Waals surface area contributed by atoms with Crippen LogP contribution < -0.4 is 5.32 Å². The molecule has 0 aromatic carbocycles. The van der Waals surface area contributed by atoms with Crippen molar-refractivity contribution >= 4 is 33.6 Å². The number of nitrogens with zero attached hydrogens (tertiary/aromatic N) is 2. The number of rotatable bonds is 4. The minimum atomic E-state index is -0.00315. The van der Waals surface area contributed by atoms with Crippen molar-refractivity contribution in [3.05, 3.63) is 38.4 Å². The quantitative estimate of drug-likeness (QED) is 0.838. The van der Waals surface area contributed by atoms with Crippen molar-refractivity contribution in [1.29, 1.82) is 5.26 Å². The van der Waals surface area contributed by atoms with E-state index in [-0.39, 0.29) is 5.91 Å². The van der Waals surface area contributed by atoms with E-state index < -0.39 is 0 Å². The third kappa shape index (κ3) is 3.44. The molecule has 2 aromatic heterocycles. The number of likely N-dealkylation sites (tertiary alicyclic amines) is 1. The molecular weight excluding hydrogens is 362 g/mol. The first kappa shape index (κ1) is 17.7. The highest BCUT2D eigenvalue weighted by Crippen LogP contribution is 2.39. The largest absolute Gasteiger partial charge is 0.315 e. The van der Waals surface area contributed by atoms with Gasteiger partial charge in [0.2, 0.25) is 5.91 Å². The molecule has 0 unspecified atom stereocenters. The van der Waals surface area contributed by atoms with E-state index in [1.54, 1.807) is 22.7 Å². The van der Waals surface area contributed by atoms with Crippen LogP contribution in [0.3, 0.4) is 0 Å². The maximum atomic E-state index is 12.7. The van der Waals surface area contributed by atoms with Crippen LogP contribution >= 0.6 is 22.7 Å². The summed E-state index contributed by atoms with van der Waals surface area (Å²) < 4.78 is 0. The van der Waals surface area contributed by atoms with Crippen LogP contribution in [0.25, 0.3) is 0 Å². The van der Waals surface area contributed by atoms with Crippen molar-refractivity contribution in [2.45, 2.75) is 45.1 Å². The molecule has 0 spiro atoms. The second kappa shape index (κ2) is 7.51. The summed E-state index contributed by atoms with van der Waals surface area (Å²) in [5.74, 6) is 0.656. The molecule has 1 saturated heterocycles. The molecular formula is C20H23N3OS2. The third-order valence-electron chi connectivity index (χ3n) is 5.46. The molecule has 2 atom stereocenters. The van der Waals surface area contributed by atoms with Crippen LogP contribution in [-0.2, 0) is 17.6 Å². The summed E-state index contributed by atoms with van der Waals surface area (Å²) in [6.45, 7) is 3.61. The van der Waals surface area contributed by atoms with Gasteiger partial charge in [-0.25, -0.2) is 0 Å². The van der Waals surface area contributed by atoms with Crippen LogP contribution in [0.1, 0.15) is 53.1 Å². The third-order valence-corrected chi connectivity index (χ3v) is 7.60. The monoisotopic (exact) mass is 385 g/mol. The summed E-state index contributed by atoms with van der Waals surface area (Å²) >= 11 is 3.37. The van der Waals surface area contributed by atoms with E-state index in [1.165, 1.54) is 15.3 Å². The van der Waals surface area contributed by atoms with Gasteiger partial charge in [0.15, 0.2) is 0 Å². The highest BCUT2D eigenvalue weighted by Gasteiger charge is 2.29. The van der Waals surface area contributed by atoms with E-state index in [0.717, 1.165) is 43.6 Å². The Bertz CT molecular complexity index is 834. The molecule has 2 aliphatic rings. The van der Waals surface area contributed by atoms with Crippen molar-refractivity contribution in [2.75, 3.05) is 18.4 Å². The average molecular weight is 386 g/mol.